The molecule has 6 heteroatoms. The number of rotatable bonds is 3. The second-order valence-electron chi connectivity index (χ2n) is 5.08. The average Bonchev–Trinajstić information content (AvgIpc) is 2.92. The first-order valence-electron chi connectivity index (χ1n) is 6.84. The van der Waals surface area contributed by atoms with E-state index < -0.39 is 0 Å². The normalized spacial score (nSPS) is 17.7. The van der Waals surface area contributed by atoms with Crippen molar-refractivity contribution in [2.24, 2.45) is 10.8 Å². The number of hydrazone groups is 1. The van der Waals surface area contributed by atoms with Gasteiger partial charge in [0.1, 0.15) is 0 Å². The molecule has 0 aromatic heterocycles. The van der Waals surface area contributed by atoms with Crippen LogP contribution in [0.5, 0.6) is 0 Å². The van der Waals surface area contributed by atoms with E-state index in [9.17, 15) is 0 Å². The van der Waals surface area contributed by atoms with Crippen LogP contribution in [0.4, 0.5) is 5.69 Å². The van der Waals surface area contributed by atoms with E-state index in [2.05, 4.69) is 5.10 Å². The molecule has 0 amide bonds. The van der Waals surface area contributed by atoms with Gasteiger partial charge in [-0.1, -0.05) is 46.9 Å². The molecule has 1 aliphatic rings. The minimum Gasteiger partial charge on any atom is -0.325 e. The molecule has 3 rings (SSSR count). The lowest BCUT2D eigenvalue weighted by Crippen LogP contribution is -2.19. The molecule has 2 N–H and O–H groups in total. The molecule has 0 radical (unpaired) electrons. The predicted octanol–water partition coefficient (Wildman–Crippen LogP) is 4.91. The van der Waals surface area contributed by atoms with Crippen LogP contribution in [-0.2, 0) is 0 Å². The summed E-state index contributed by atoms with van der Waals surface area (Å²) in [5, 5.41) is 8.38. The number of anilines is 1. The lowest BCUT2D eigenvalue weighted by molar-refractivity contribution is 0.708. The van der Waals surface area contributed by atoms with Gasteiger partial charge in [0.05, 0.1) is 22.5 Å². The average molecular weight is 355 g/mol. The third-order valence-corrected chi connectivity index (χ3v) is 4.41. The maximum absolute atomic E-state index is 6.33. The Kier molecular flexibility index (Phi) is 4.59. The Morgan fingerprint density at radius 1 is 1.05 bits per heavy atom. The summed E-state index contributed by atoms with van der Waals surface area (Å²) in [7, 11) is 0. The van der Waals surface area contributed by atoms with Crippen LogP contribution in [0.15, 0.2) is 47.6 Å². The number of hydrogen-bond donors (Lipinski definition) is 1. The number of benzene rings is 2. The predicted molar refractivity (Wildman–Crippen MR) is 94.2 cm³/mol. The zero-order valence-corrected chi connectivity index (χ0v) is 13.9. The number of nitrogens with two attached hydrogens (primary N) is 1. The number of hydrogen-bond acceptors (Lipinski definition) is 3. The highest BCUT2D eigenvalue weighted by Gasteiger charge is 2.29. The van der Waals surface area contributed by atoms with Gasteiger partial charge in [-0.05, 0) is 35.9 Å². The number of nitrogens with zero attached hydrogens (tertiary/aromatic N) is 2. The van der Waals surface area contributed by atoms with Crippen molar-refractivity contribution in [1.29, 1.82) is 0 Å². The van der Waals surface area contributed by atoms with Crippen molar-refractivity contribution in [2.75, 3.05) is 11.6 Å². The van der Waals surface area contributed by atoms with E-state index in [1.54, 1.807) is 12.1 Å². The van der Waals surface area contributed by atoms with Crippen molar-refractivity contribution in [3.63, 3.8) is 0 Å². The lowest BCUT2D eigenvalue weighted by atomic mass is 10.0. The minimum atomic E-state index is 0.0505. The quantitative estimate of drug-likeness (QED) is 0.850. The monoisotopic (exact) mass is 353 g/mol. The highest BCUT2D eigenvalue weighted by molar-refractivity contribution is 6.36. The molecule has 1 atom stereocenters. The largest absolute Gasteiger partial charge is 0.325 e. The van der Waals surface area contributed by atoms with Crippen molar-refractivity contribution >= 4 is 46.2 Å². The summed E-state index contributed by atoms with van der Waals surface area (Å²) in [5.74, 6) is 0. The Bertz CT molecular complexity index is 713. The van der Waals surface area contributed by atoms with Gasteiger partial charge in [0, 0.05) is 23.0 Å². The van der Waals surface area contributed by atoms with Crippen LogP contribution in [0, 0.1) is 0 Å². The van der Waals surface area contributed by atoms with Crippen LogP contribution in [0.2, 0.25) is 15.1 Å². The van der Waals surface area contributed by atoms with E-state index in [1.165, 1.54) is 0 Å². The minimum absolute atomic E-state index is 0.0505. The summed E-state index contributed by atoms with van der Waals surface area (Å²) in [4.78, 5) is 0. The first kappa shape index (κ1) is 15.6. The molecule has 22 heavy (non-hydrogen) atoms. The van der Waals surface area contributed by atoms with Crippen molar-refractivity contribution in [3.05, 3.63) is 63.1 Å². The van der Waals surface area contributed by atoms with Gasteiger partial charge in [0.25, 0.3) is 0 Å². The van der Waals surface area contributed by atoms with Crippen LogP contribution in [0.1, 0.15) is 18.0 Å². The molecule has 114 valence electrons. The molecule has 0 saturated heterocycles. The Balaban J connectivity index is 2.01. The smallest absolute Gasteiger partial charge is 0.0829 e. The summed E-state index contributed by atoms with van der Waals surface area (Å²) >= 11 is 18.3. The molecule has 1 heterocycles. The van der Waals surface area contributed by atoms with Gasteiger partial charge in [-0.3, -0.25) is 5.01 Å². The van der Waals surface area contributed by atoms with E-state index >= 15 is 0 Å². The molecule has 2 aromatic rings. The van der Waals surface area contributed by atoms with E-state index in [1.807, 2.05) is 35.3 Å². The first-order valence-corrected chi connectivity index (χ1v) is 7.98. The van der Waals surface area contributed by atoms with E-state index in [-0.39, 0.29) is 6.04 Å². The van der Waals surface area contributed by atoms with Crippen LogP contribution in [0.3, 0.4) is 0 Å². The molecule has 1 aliphatic heterocycles. The van der Waals surface area contributed by atoms with E-state index in [4.69, 9.17) is 40.5 Å². The Labute approximate surface area is 144 Å². The van der Waals surface area contributed by atoms with Gasteiger partial charge in [-0.15, -0.1) is 0 Å². The van der Waals surface area contributed by atoms with Crippen molar-refractivity contribution < 1.29 is 0 Å². The van der Waals surface area contributed by atoms with Crippen LogP contribution in [-0.4, -0.2) is 12.3 Å². The van der Waals surface area contributed by atoms with Gasteiger partial charge in [-0.2, -0.15) is 5.10 Å². The molecule has 0 aliphatic carbocycles. The second-order valence-corrected chi connectivity index (χ2v) is 6.36. The van der Waals surface area contributed by atoms with Crippen LogP contribution < -0.4 is 10.7 Å². The maximum atomic E-state index is 6.33. The summed E-state index contributed by atoms with van der Waals surface area (Å²) in [5.41, 5.74) is 8.63. The van der Waals surface area contributed by atoms with Crippen LogP contribution >= 0.6 is 34.8 Å². The van der Waals surface area contributed by atoms with Gasteiger partial charge in [0.2, 0.25) is 0 Å². The van der Waals surface area contributed by atoms with Gasteiger partial charge in [0.15, 0.2) is 0 Å². The fourth-order valence-electron chi connectivity index (χ4n) is 2.53. The van der Waals surface area contributed by atoms with Gasteiger partial charge in [-0.25, -0.2) is 0 Å². The van der Waals surface area contributed by atoms with E-state index in [0.29, 0.717) is 21.6 Å². The van der Waals surface area contributed by atoms with E-state index in [0.717, 1.165) is 23.4 Å². The molecular formula is C16H14Cl3N3. The fraction of sp³-hybridized carbons (Fsp3) is 0.188. The highest BCUT2D eigenvalue weighted by atomic mass is 35.5. The standard InChI is InChI=1S/C16H14Cl3N3/c17-11-3-1-10(2-4-11)16-8-13(9-20)21-22(16)15-6-5-12(18)7-14(15)19/h1-7,16H,8-9,20H2. The molecule has 1 unspecified atom stereocenters. The molecule has 0 spiro atoms. The summed E-state index contributed by atoms with van der Waals surface area (Å²) < 4.78 is 0. The fourth-order valence-corrected chi connectivity index (χ4v) is 3.15. The van der Waals surface area contributed by atoms with Gasteiger partial charge >= 0.3 is 0 Å². The Morgan fingerprint density at radius 2 is 1.73 bits per heavy atom. The molecular weight excluding hydrogens is 341 g/mol. The zero-order chi connectivity index (χ0) is 15.7. The SMILES string of the molecule is NCC1=NN(c2ccc(Cl)cc2Cl)C(c2ccc(Cl)cc2)C1. The molecule has 0 bridgehead atoms. The third-order valence-electron chi connectivity index (χ3n) is 3.62. The zero-order valence-electron chi connectivity index (χ0n) is 11.6. The summed E-state index contributed by atoms with van der Waals surface area (Å²) in [6.45, 7) is 0.422. The molecule has 0 saturated carbocycles. The van der Waals surface area contributed by atoms with Crippen molar-refractivity contribution in [2.45, 2.75) is 12.5 Å². The van der Waals surface area contributed by atoms with Crippen LogP contribution in [0.25, 0.3) is 0 Å². The molecule has 2 aromatic carbocycles. The lowest BCUT2D eigenvalue weighted by Gasteiger charge is -2.25. The summed E-state index contributed by atoms with van der Waals surface area (Å²) in [6, 6.07) is 13.2. The Hall–Kier alpha value is -1.26. The third kappa shape index (κ3) is 3.08. The Morgan fingerprint density at radius 3 is 2.36 bits per heavy atom. The summed E-state index contributed by atoms with van der Waals surface area (Å²) in [6.07, 6.45) is 0.761. The second kappa shape index (κ2) is 6.47. The molecule has 0 fully saturated rings. The maximum Gasteiger partial charge on any atom is 0.0829 e. The highest BCUT2D eigenvalue weighted by Crippen LogP contribution is 2.39. The van der Waals surface area contributed by atoms with Gasteiger partial charge < -0.3 is 5.73 Å². The topological polar surface area (TPSA) is 41.6 Å². The first-order chi connectivity index (χ1) is 10.6. The van der Waals surface area contributed by atoms with Crippen molar-refractivity contribution in [3.8, 4) is 0 Å². The van der Waals surface area contributed by atoms with Crippen molar-refractivity contribution in [1.82, 2.24) is 0 Å². The molecule has 3 nitrogen and oxygen atoms in total. The number of halogens is 3.